The number of aldehydes is 1. The first-order valence-electron chi connectivity index (χ1n) is 9.90. The SMILES string of the molecule is O=Cc1cc(C(=O)N2CCN(c3cnc(N4CCCC4)c(F)c3)CC2)cc(F)c1O. The molecule has 1 amide bonds. The highest BCUT2D eigenvalue weighted by atomic mass is 19.1. The molecule has 1 aromatic carbocycles. The number of piperazine rings is 1. The molecule has 0 bridgehead atoms. The molecule has 0 aliphatic carbocycles. The molecule has 0 saturated carbocycles. The molecule has 30 heavy (non-hydrogen) atoms. The number of rotatable bonds is 4. The predicted octanol–water partition coefficient (Wildman–Crippen LogP) is 2.44. The number of aromatic nitrogens is 1. The van der Waals surface area contributed by atoms with E-state index in [4.69, 9.17) is 0 Å². The lowest BCUT2D eigenvalue weighted by Crippen LogP contribution is -2.49. The molecular formula is C21H22F2N4O3. The van der Waals surface area contributed by atoms with Crippen molar-refractivity contribution in [1.82, 2.24) is 9.88 Å². The maximum atomic E-state index is 14.5. The van der Waals surface area contributed by atoms with Gasteiger partial charge in [-0.2, -0.15) is 0 Å². The number of carbonyl (C=O) groups excluding carboxylic acids is 2. The number of amides is 1. The summed E-state index contributed by atoms with van der Waals surface area (Å²) < 4.78 is 28.3. The van der Waals surface area contributed by atoms with Crippen LogP contribution in [0.4, 0.5) is 20.3 Å². The molecule has 9 heteroatoms. The summed E-state index contributed by atoms with van der Waals surface area (Å²) in [6.45, 7) is 3.27. The number of aromatic hydroxyl groups is 1. The number of carbonyl (C=O) groups is 2. The summed E-state index contributed by atoms with van der Waals surface area (Å²) in [7, 11) is 0. The highest BCUT2D eigenvalue weighted by molar-refractivity contribution is 5.96. The quantitative estimate of drug-likeness (QED) is 0.772. The van der Waals surface area contributed by atoms with Crippen LogP contribution in [0.25, 0.3) is 0 Å². The molecule has 0 atom stereocenters. The first-order chi connectivity index (χ1) is 14.5. The Hall–Kier alpha value is -3.23. The fourth-order valence-corrected chi connectivity index (χ4v) is 3.94. The number of anilines is 2. The van der Waals surface area contributed by atoms with E-state index in [0.29, 0.717) is 44.0 Å². The van der Waals surface area contributed by atoms with Crippen LogP contribution in [-0.4, -0.2) is 66.5 Å². The van der Waals surface area contributed by atoms with Gasteiger partial charge in [0, 0.05) is 50.9 Å². The third kappa shape index (κ3) is 3.79. The van der Waals surface area contributed by atoms with Crippen LogP contribution in [0.2, 0.25) is 0 Å². The van der Waals surface area contributed by atoms with Crippen molar-refractivity contribution in [3.8, 4) is 5.75 Å². The van der Waals surface area contributed by atoms with Crippen molar-refractivity contribution in [3.63, 3.8) is 0 Å². The molecule has 2 aliphatic rings. The molecule has 0 radical (unpaired) electrons. The number of halogens is 2. The maximum absolute atomic E-state index is 14.5. The molecule has 0 spiro atoms. The van der Waals surface area contributed by atoms with Crippen LogP contribution in [0.5, 0.6) is 5.75 Å². The summed E-state index contributed by atoms with van der Waals surface area (Å²) in [5.74, 6) is -2.18. The maximum Gasteiger partial charge on any atom is 0.254 e. The number of phenolic OH excluding ortho intramolecular Hbond substituents is 1. The van der Waals surface area contributed by atoms with Crippen LogP contribution in [0.1, 0.15) is 33.6 Å². The number of pyridine rings is 1. The summed E-state index contributed by atoms with van der Waals surface area (Å²) in [4.78, 5) is 33.4. The van der Waals surface area contributed by atoms with E-state index in [2.05, 4.69) is 4.98 Å². The molecule has 3 heterocycles. The van der Waals surface area contributed by atoms with E-state index in [1.807, 2.05) is 9.80 Å². The topological polar surface area (TPSA) is 77.0 Å². The molecule has 2 fully saturated rings. The Labute approximate surface area is 172 Å². The number of nitrogens with zero attached hydrogens (tertiary/aromatic N) is 4. The summed E-state index contributed by atoms with van der Waals surface area (Å²) in [5, 5.41) is 9.51. The Bertz CT molecular complexity index is 971. The van der Waals surface area contributed by atoms with Gasteiger partial charge in [0.25, 0.3) is 5.91 Å². The molecule has 158 valence electrons. The average molecular weight is 416 g/mol. The second kappa shape index (κ2) is 8.25. The van der Waals surface area contributed by atoms with Crippen LogP contribution in [0.15, 0.2) is 24.4 Å². The number of phenols is 1. The third-order valence-electron chi connectivity index (χ3n) is 5.61. The first kappa shape index (κ1) is 20.1. The van der Waals surface area contributed by atoms with Gasteiger partial charge in [-0.1, -0.05) is 0 Å². The Morgan fingerprint density at radius 1 is 0.967 bits per heavy atom. The molecule has 2 saturated heterocycles. The Morgan fingerprint density at radius 2 is 1.67 bits per heavy atom. The molecule has 2 aliphatic heterocycles. The zero-order valence-corrected chi connectivity index (χ0v) is 16.4. The molecule has 4 rings (SSSR count). The van der Waals surface area contributed by atoms with E-state index in [1.54, 1.807) is 11.1 Å². The summed E-state index contributed by atoms with van der Waals surface area (Å²) >= 11 is 0. The van der Waals surface area contributed by atoms with Crippen LogP contribution in [0.3, 0.4) is 0 Å². The predicted molar refractivity (Wildman–Crippen MR) is 107 cm³/mol. The molecule has 7 nitrogen and oxygen atoms in total. The number of hydrogen-bond donors (Lipinski definition) is 1. The Kier molecular flexibility index (Phi) is 5.52. The van der Waals surface area contributed by atoms with E-state index >= 15 is 0 Å². The Balaban J connectivity index is 1.42. The fourth-order valence-electron chi connectivity index (χ4n) is 3.94. The number of hydrogen-bond acceptors (Lipinski definition) is 6. The minimum atomic E-state index is -1.01. The largest absolute Gasteiger partial charge is 0.504 e. The standard InChI is InChI=1S/C21H22F2N4O3/c22-17-10-14(9-15(13-28)19(17)29)21(30)27-7-5-25(6-8-27)16-11-18(23)20(24-12-16)26-3-1-2-4-26/h9-13,29H,1-8H2. The molecule has 1 aromatic heterocycles. The summed E-state index contributed by atoms with van der Waals surface area (Å²) in [6, 6.07) is 3.58. The molecule has 1 N–H and O–H groups in total. The van der Waals surface area contributed by atoms with Crippen molar-refractivity contribution in [2.45, 2.75) is 12.8 Å². The van der Waals surface area contributed by atoms with Gasteiger partial charge >= 0.3 is 0 Å². The van der Waals surface area contributed by atoms with Gasteiger partial charge in [0.2, 0.25) is 0 Å². The van der Waals surface area contributed by atoms with Crippen LogP contribution < -0.4 is 9.80 Å². The van der Waals surface area contributed by atoms with Crippen LogP contribution in [-0.2, 0) is 0 Å². The van der Waals surface area contributed by atoms with Gasteiger partial charge in [-0.15, -0.1) is 0 Å². The lowest BCUT2D eigenvalue weighted by Gasteiger charge is -2.36. The van der Waals surface area contributed by atoms with Gasteiger partial charge in [-0.25, -0.2) is 13.8 Å². The summed E-state index contributed by atoms with van der Waals surface area (Å²) in [5.41, 5.74) is 0.390. The molecular weight excluding hydrogens is 394 g/mol. The number of benzene rings is 1. The zero-order valence-electron chi connectivity index (χ0n) is 16.4. The monoisotopic (exact) mass is 416 g/mol. The van der Waals surface area contributed by atoms with E-state index in [0.717, 1.165) is 32.0 Å². The van der Waals surface area contributed by atoms with Crippen molar-refractivity contribution in [3.05, 3.63) is 47.2 Å². The van der Waals surface area contributed by atoms with Crippen molar-refractivity contribution in [1.29, 1.82) is 0 Å². The smallest absolute Gasteiger partial charge is 0.254 e. The van der Waals surface area contributed by atoms with Gasteiger partial charge in [0.15, 0.2) is 29.5 Å². The van der Waals surface area contributed by atoms with Gasteiger partial charge in [0.1, 0.15) is 0 Å². The summed E-state index contributed by atoms with van der Waals surface area (Å²) in [6.07, 6.45) is 4.04. The minimum absolute atomic E-state index is 0.00327. The lowest BCUT2D eigenvalue weighted by atomic mass is 10.1. The fraction of sp³-hybridized carbons (Fsp3) is 0.381. The highest BCUT2D eigenvalue weighted by Crippen LogP contribution is 2.26. The third-order valence-corrected chi connectivity index (χ3v) is 5.61. The highest BCUT2D eigenvalue weighted by Gasteiger charge is 2.25. The van der Waals surface area contributed by atoms with Crippen LogP contribution >= 0.6 is 0 Å². The van der Waals surface area contributed by atoms with Crippen molar-refractivity contribution in [2.75, 3.05) is 49.1 Å². The lowest BCUT2D eigenvalue weighted by molar-refractivity contribution is 0.0746. The van der Waals surface area contributed by atoms with Gasteiger partial charge in [-0.3, -0.25) is 9.59 Å². The second-order valence-corrected chi connectivity index (χ2v) is 7.49. The normalized spacial score (nSPS) is 16.8. The van der Waals surface area contributed by atoms with E-state index in [9.17, 15) is 23.5 Å². The van der Waals surface area contributed by atoms with E-state index < -0.39 is 17.5 Å². The van der Waals surface area contributed by atoms with Gasteiger partial charge in [-0.05, 0) is 25.0 Å². The van der Waals surface area contributed by atoms with Gasteiger partial charge in [0.05, 0.1) is 17.4 Å². The van der Waals surface area contributed by atoms with Crippen molar-refractivity contribution in [2.24, 2.45) is 0 Å². The zero-order chi connectivity index (χ0) is 21.3. The second-order valence-electron chi connectivity index (χ2n) is 7.49. The first-order valence-corrected chi connectivity index (χ1v) is 9.90. The van der Waals surface area contributed by atoms with Gasteiger partial charge < -0.3 is 19.8 Å². The van der Waals surface area contributed by atoms with E-state index in [-0.39, 0.29) is 16.9 Å². The molecule has 2 aromatic rings. The van der Waals surface area contributed by atoms with Crippen LogP contribution in [0, 0.1) is 11.6 Å². The molecule has 0 unspecified atom stereocenters. The van der Waals surface area contributed by atoms with Crippen molar-refractivity contribution < 1.29 is 23.5 Å². The Morgan fingerprint density at radius 3 is 2.30 bits per heavy atom. The minimum Gasteiger partial charge on any atom is -0.504 e. The van der Waals surface area contributed by atoms with Crippen molar-refractivity contribution >= 4 is 23.7 Å². The van der Waals surface area contributed by atoms with E-state index in [1.165, 1.54) is 12.1 Å². The average Bonchev–Trinajstić information content (AvgIpc) is 3.29.